The number of nitrogens with two attached hydrogens (primary N) is 1. The van der Waals surface area contributed by atoms with Crippen LogP contribution in [0.1, 0.15) is 29.3 Å². The van der Waals surface area contributed by atoms with Crippen LogP contribution in [-0.2, 0) is 0 Å². The van der Waals surface area contributed by atoms with Crippen LogP contribution in [0, 0.1) is 12.7 Å². The van der Waals surface area contributed by atoms with Crippen molar-refractivity contribution in [3.8, 4) is 0 Å². The molecular formula is C13H16F4N2O. The molecule has 0 aromatic heterocycles. The number of nitrogens with zero attached hydrogens (tertiary/aromatic N) is 1. The SMILES string of the molecule is CC[C@@H](N(C)c1cc(C)c(C(N)=O)c(F)c1)C(F)(F)F. The van der Waals surface area contributed by atoms with Gasteiger partial charge < -0.3 is 10.6 Å². The summed E-state index contributed by atoms with van der Waals surface area (Å²) in [6, 6.07) is 0.486. The lowest BCUT2D eigenvalue weighted by Gasteiger charge is -2.31. The van der Waals surface area contributed by atoms with Crippen molar-refractivity contribution in [1.29, 1.82) is 0 Å². The highest BCUT2D eigenvalue weighted by atomic mass is 19.4. The summed E-state index contributed by atoms with van der Waals surface area (Å²) in [6.07, 6.45) is -4.59. The molecule has 0 aliphatic carbocycles. The van der Waals surface area contributed by atoms with Gasteiger partial charge >= 0.3 is 6.18 Å². The third-order valence-electron chi connectivity index (χ3n) is 3.16. The number of carbonyl (C=O) groups excluding carboxylic acids is 1. The smallest absolute Gasteiger partial charge is 0.365 e. The number of carbonyl (C=O) groups is 1. The van der Waals surface area contributed by atoms with E-state index in [9.17, 15) is 22.4 Å². The number of amides is 1. The maximum atomic E-state index is 13.8. The van der Waals surface area contributed by atoms with E-state index >= 15 is 0 Å². The molecule has 0 bridgehead atoms. The molecular weight excluding hydrogens is 276 g/mol. The second-order valence-electron chi connectivity index (χ2n) is 4.56. The van der Waals surface area contributed by atoms with Crippen molar-refractivity contribution in [2.75, 3.05) is 11.9 Å². The van der Waals surface area contributed by atoms with Crippen LogP contribution < -0.4 is 10.6 Å². The van der Waals surface area contributed by atoms with Crippen LogP contribution in [0.25, 0.3) is 0 Å². The van der Waals surface area contributed by atoms with Crippen molar-refractivity contribution in [2.45, 2.75) is 32.5 Å². The monoisotopic (exact) mass is 292 g/mol. The van der Waals surface area contributed by atoms with E-state index in [-0.39, 0.29) is 23.2 Å². The molecule has 1 rings (SSSR count). The molecule has 0 spiro atoms. The standard InChI is InChI=1S/C13H16F4N2O/c1-4-10(13(15,16)17)19(3)8-5-7(2)11(12(18)20)9(14)6-8/h5-6,10H,4H2,1-3H3,(H2,18,20)/t10-/m1/s1. The van der Waals surface area contributed by atoms with Crippen molar-refractivity contribution in [3.63, 3.8) is 0 Å². The van der Waals surface area contributed by atoms with E-state index in [1.807, 2.05) is 0 Å². The third-order valence-corrected chi connectivity index (χ3v) is 3.16. The lowest BCUT2D eigenvalue weighted by atomic mass is 10.0. The topological polar surface area (TPSA) is 46.3 Å². The zero-order chi connectivity index (χ0) is 15.7. The first-order valence-corrected chi connectivity index (χ1v) is 5.99. The van der Waals surface area contributed by atoms with Gasteiger partial charge in [-0.1, -0.05) is 6.92 Å². The van der Waals surface area contributed by atoms with Crippen molar-refractivity contribution >= 4 is 11.6 Å². The van der Waals surface area contributed by atoms with Crippen LogP contribution in [0.3, 0.4) is 0 Å². The summed E-state index contributed by atoms with van der Waals surface area (Å²) in [5.74, 6) is -1.87. The molecule has 0 aliphatic rings. The number of anilines is 1. The maximum Gasteiger partial charge on any atom is 0.408 e. The molecule has 1 atom stereocenters. The zero-order valence-corrected chi connectivity index (χ0v) is 11.4. The molecule has 1 aromatic carbocycles. The molecule has 2 N–H and O–H groups in total. The maximum absolute atomic E-state index is 13.8. The van der Waals surface area contributed by atoms with Gasteiger partial charge in [-0.15, -0.1) is 0 Å². The second kappa shape index (κ2) is 5.68. The van der Waals surface area contributed by atoms with Gasteiger partial charge in [0.1, 0.15) is 11.9 Å². The Labute approximate surface area is 114 Å². The number of benzene rings is 1. The Hall–Kier alpha value is -1.79. The van der Waals surface area contributed by atoms with Crippen LogP contribution in [0.2, 0.25) is 0 Å². The predicted octanol–water partition coefficient (Wildman–Crippen LogP) is 3.01. The van der Waals surface area contributed by atoms with E-state index in [0.717, 1.165) is 11.0 Å². The van der Waals surface area contributed by atoms with Gasteiger partial charge in [-0.2, -0.15) is 13.2 Å². The fraction of sp³-hybridized carbons (Fsp3) is 0.462. The Balaban J connectivity index is 3.24. The van der Waals surface area contributed by atoms with Crippen molar-refractivity contribution in [3.05, 3.63) is 29.1 Å². The average Bonchev–Trinajstić information content (AvgIpc) is 2.25. The molecule has 0 heterocycles. The molecule has 0 fully saturated rings. The number of alkyl halides is 3. The summed E-state index contributed by atoms with van der Waals surface area (Å²) in [7, 11) is 1.24. The second-order valence-corrected chi connectivity index (χ2v) is 4.56. The molecule has 0 aliphatic heterocycles. The van der Waals surface area contributed by atoms with Gasteiger partial charge in [-0.05, 0) is 31.0 Å². The van der Waals surface area contributed by atoms with E-state index in [1.54, 1.807) is 0 Å². The van der Waals surface area contributed by atoms with Crippen molar-refractivity contribution in [1.82, 2.24) is 0 Å². The quantitative estimate of drug-likeness (QED) is 0.867. The summed E-state index contributed by atoms with van der Waals surface area (Å²) < 4.78 is 52.3. The van der Waals surface area contributed by atoms with Crippen LogP contribution in [0.4, 0.5) is 23.2 Å². The van der Waals surface area contributed by atoms with Gasteiger partial charge in [0.2, 0.25) is 0 Å². The van der Waals surface area contributed by atoms with E-state index in [0.29, 0.717) is 0 Å². The number of aryl methyl sites for hydroxylation is 1. The molecule has 0 saturated carbocycles. The number of halogens is 4. The lowest BCUT2D eigenvalue weighted by molar-refractivity contribution is -0.148. The van der Waals surface area contributed by atoms with Gasteiger partial charge in [0.25, 0.3) is 5.91 Å². The van der Waals surface area contributed by atoms with Crippen LogP contribution >= 0.6 is 0 Å². The number of hydrogen-bond acceptors (Lipinski definition) is 2. The largest absolute Gasteiger partial charge is 0.408 e. The minimum Gasteiger partial charge on any atom is -0.365 e. The highest BCUT2D eigenvalue weighted by Crippen LogP contribution is 2.31. The number of rotatable bonds is 4. The Bertz CT molecular complexity index is 491. The Kier molecular flexibility index (Phi) is 4.62. The van der Waals surface area contributed by atoms with Gasteiger partial charge in [0.15, 0.2) is 0 Å². The van der Waals surface area contributed by atoms with Crippen molar-refractivity contribution < 1.29 is 22.4 Å². The highest BCUT2D eigenvalue weighted by Gasteiger charge is 2.41. The number of hydrogen-bond donors (Lipinski definition) is 1. The minimum absolute atomic E-state index is 0.0502. The zero-order valence-electron chi connectivity index (χ0n) is 11.4. The van der Waals surface area contributed by atoms with E-state index in [2.05, 4.69) is 0 Å². The van der Waals surface area contributed by atoms with E-state index in [1.165, 1.54) is 27.0 Å². The summed E-state index contributed by atoms with van der Waals surface area (Å²) >= 11 is 0. The normalized spacial score (nSPS) is 13.2. The molecule has 7 heteroatoms. The van der Waals surface area contributed by atoms with Gasteiger partial charge in [0.05, 0.1) is 5.56 Å². The lowest BCUT2D eigenvalue weighted by Crippen LogP contribution is -2.43. The van der Waals surface area contributed by atoms with Gasteiger partial charge in [-0.25, -0.2) is 4.39 Å². The van der Waals surface area contributed by atoms with Crippen LogP contribution in [0.15, 0.2) is 12.1 Å². The summed E-state index contributed by atoms with van der Waals surface area (Å²) in [6.45, 7) is 2.82. The van der Waals surface area contributed by atoms with Crippen LogP contribution in [0.5, 0.6) is 0 Å². The molecule has 0 saturated heterocycles. The Morgan fingerprint density at radius 3 is 2.30 bits per heavy atom. The van der Waals surface area contributed by atoms with E-state index in [4.69, 9.17) is 5.73 Å². The number of primary amides is 1. The Morgan fingerprint density at radius 1 is 1.40 bits per heavy atom. The van der Waals surface area contributed by atoms with Crippen molar-refractivity contribution in [2.24, 2.45) is 5.73 Å². The fourth-order valence-corrected chi connectivity index (χ4v) is 2.15. The van der Waals surface area contributed by atoms with E-state index < -0.39 is 23.9 Å². The fourth-order valence-electron chi connectivity index (χ4n) is 2.15. The third kappa shape index (κ3) is 3.20. The predicted molar refractivity (Wildman–Crippen MR) is 68.2 cm³/mol. The van der Waals surface area contributed by atoms with Gasteiger partial charge in [0, 0.05) is 12.7 Å². The first-order valence-electron chi connectivity index (χ1n) is 5.99. The first-order chi connectivity index (χ1) is 9.09. The molecule has 112 valence electrons. The van der Waals surface area contributed by atoms with Crippen LogP contribution in [-0.4, -0.2) is 25.2 Å². The first kappa shape index (κ1) is 16.3. The molecule has 3 nitrogen and oxygen atoms in total. The molecule has 0 radical (unpaired) electrons. The van der Waals surface area contributed by atoms with Gasteiger partial charge in [-0.3, -0.25) is 4.79 Å². The summed E-state index contributed by atoms with van der Waals surface area (Å²) in [5, 5.41) is 0. The summed E-state index contributed by atoms with van der Waals surface area (Å²) in [4.78, 5) is 12.0. The molecule has 20 heavy (non-hydrogen) atoms. The Morgan fingerprint density at radius 2 is 1.95 bits per heavy atom. The molecule has 1 aromatic rings. The molecule has 1 amide bonds. The highest BCUT2D eigenvalue weighted by molar-refractivity contribution is 5.95. The average molecular weight is 292 g/mol. The minimum atomic E-state index is -4.42. The molecule has 0 unspecified atom stereocenters. The summed E-state index contributed by atoms with van der Waals surface area (Å²) in [5.41, 5.74) is 4.98.